The van der Waals surface area contributed by atoms with Gasteiger partial charge in [-0.2, -0.15) is 5.10 Å². The van der Waals surface area contributed by atoms with Crippen LogP contribution in [-0.4, -0.2) is 49.8 Å². The third kappa shape index (κ3) is 4.46. The SMILES string of the molecule is CC(C)(O)C#Cc1cccc(C(=O)N2CCC[C@H](c3ncn[nH]3)C2)c1. The lowest BCUT2D eigenvalue weighted by molar-refractivity contribution is 0.0704. The number of hydrogen-bond acceptors (Lipinski definition) is 4. The molecule has 130 valence electrons. The molecule has 1 fully saturated rings. The van der Waals surface area contributed by atoms with E-state index in [9.17, 15) is 9.90 Å². The maximum atomic E-state index is 12.9. The molecular formula is C19H22N4O2. The molecule has 0 aliphatic carbocycles. The van der Waals surface area contributed by atoms with E-state index in [0.29, 0.717) is 12.1 Å². The van der Waals surface area contributed by atoms with Crippen molar-refractivity contribution in [1.82, 2.24) is 20.1 Å². The van der Waals surface area contributed by atoms with Crippen LogP contribution in [0.1, 0.15) is 54.4 Å². The zero-order valence-electron chi connectivity index (χ0n) is 14.5. The Morgan fingerprint density at radius 1 is 1.44 bits per heavy atom. The van der Waals surface area contributed by atoms with E-state index in [1.165, 1.54) is 6.33 Å². The summed E-state index contributed by atoms with van der Waals surface area (Å²) in [5, 5.41) is 16.5. The smallest absolute Gasteiger partial charge is 0.253 e. The number of carbonyl (C=O) groups excluding carboxylic acids is 1. The zero-order chi connectivity index (χ0) is 17.9. The van der Waals surface area contributed by atoms with Gasteiger partial charge in [0.2, 0.25) is 0 Å². The molecule has 0 bridgehead atoms. The second-order valence-corrected chi connectivity index (χ2v) is 6.85. The lowest BCUT2D eigenvalue weighted by atomic mass is 9.96. The highest BCUT2D eigenvalue weighted by Gasteiger charge is 2.27. The van der Waals surface area contributed by atoms with Gasteiger partial charge in [0.1, 0.15) is 17.8 Å². The first-order valence-corrected chi connectivity index (χ1v) is 8.42. The molecule has 1 aromatic heterocycles. The summed E-state index contributed by atoms with van der Waals surface area (Å²) in [7, 11) is 0. The highest BCUT2D eigenvalue weighted by atomic mass is 16.3. The van der Waals surface area contributed by atoms with Gasteiger partial charge in [0.15, 0.2) is 0 Å². The molecule has 1 saturated heterocycles. The molecular weight excluding hydrogens is 316 g/mol. The fourth-order valence-electron chi connectivity index (χ4n) is 2.93. The van der Waals surface area contributed by atoms with E-state index in [0.717, 1.165) is 30.8 Å². The maximum Gasteiger partial charge on any atom is 0.253 e. The number of hydrogen-bond donors (Lipinski definition) is 2. The Balaban J connectivity index is 1.75. The highest BCUT2D eigenvalue weighted by molar-refractivity contribution is 5.94. The minimum absolute atomic E-state index is 0.00359. The number of likely N-dealkylation sites (tertiary alicyclic amines) is 1. The first kappa shape index (κ1) is 17.2. The Labute approximate surface area is 147 Å². The van der Waals surface area contributed by atoms with E-state index in [-0.39, 0.29) is 11.8 Å². The summed E-state index contributed by atoms with van der Waals surface area (Å²) in [5.41, 5.74) is 0.273. The highest BCUT2D eigenvalue weighted by Crippen LogP contribution is 2.25. The number of nitrogens with zero attached hydrogens (tertiary/aromatic N) is 3. The molecule has 1 amide bonds. The molecule has 0 radical (unpaired) electrons. The van der Waals surface area contributed by atoms with E-state index >= 15 is 0 Å². The topological polar surface area (TPSA) is 82.1 Å². The summed E-state index contributed by atoms with van der Waals surface area (Å²) in [4.78, 5) is 18.9. The monoisotopic (exact) mass is 338 g/mol. The number of rotatable bonds is 2. The van der Waals surface area contributed by atoms with Crippen LogP contribution in [0.15, 0.2) is 30.6 Å². The van der Waals surface area contributed by atoms with E-state index in [1.807, 2.05) is 17.0 Å². The van der Waals surface area contributed by atoms with E-state index in [4.69, 9.17) is 0 Å². The van der Waals surface area contributed by atoms with Crippen molar-refractivity contribution in [2.45, 2.75) is 38.2 Å². The van der Waals surface area contributed by atoms with Gasteiger partial charge < -0.3 is 10.0 Å². The Bertz CT molecular complexity index is 797. The molecule has 0 unspecified atom stereocenters. The van der Waals surface area contributed by atoms with Crippen molar-refractivity contribution >= 4 is 5.91 Å². The summed E-state index contributed by atoms with van der Waals surface area (Å²) in [6.07, 6.45) is 3.44. The van der Waals surface area contributed by atoms with E-state index < -0.39 is 5.60 Å². The predicted molar refractivity (Wildman–Crippen MR) is 93.9 cm³/mol. The van der Waals surface area contributed by atoms with Crippen LogP contribution in [0, 0.1) is 11.8 Å². The average molecular weight is 338 g/mol. The molecule has 0 saturated carbocycles. The lowest BCUT2D eigenvalue weighted by Gasteiger charge is -2.31. The van der Waals surface area contributed by atoms with Crippen LogP contribution in [0.2, 0.25) is 0 Å². The molecule has 1 atom stereocenters. The van der Waals surface area contributed by atoms with Gasteiger partial charge in [-0.3, -0.25) is 9.89 Å². The van der Waals surface area contributed by atoms with Gasteiger partial charge in [-0.1, -0.05) is 17.9 Å². The fourth-order valence-corrected chi connectivity index (χ4v) is 2.93. The van der Waals surface area contributed by atoms with Gasteiger partial charge in [-0.05, 0) is 44.9 Å². The van der Waals surface area contributed by atoms with Gasteiger partial charge in [-0.15, -0.1) is 0 Å². The summed E-state index contributed by atoms with van der Waals surface area (Å²) >= 11 is 0. The van der Waals surface area contributed by atoms with Gasteiger partial charge >= 0.3 is 0 Å². The fraction of sp³-hybridized carbons (Fsp3) is 0.421. The molecule has 2 aromatic rings. The molecule has 0 spiro atoms. The van der Waals surface area contributed by atoms with Gasteiger partial charge in [0, 0.05) is 30.1 Å². The number of aromatic amines is 1. The van der Waals surface area contributed by atoms with Crippen LogP contribution in [0.25, 0.3) is 0 Å². The number of benzene rings is 1. The van der Waals surface area contributed by atoms with Crippen LogP contribution in [0.5, 0.6) is 0 Å². The Morgan fingerprint density at radius 2 is 2.28 bits per heavy atom. The van der Waals surface area contributed by atoms with Crippen LogP contribution in [-0.2, 0) is 0 Å². The van der Waals surface area contributed by atoms with Crippen LogP contribution < -0.4 is 0 Å². The van der Waals surface area contributed by atoms with Crippen molar-refractivity contribution in [1.29, 1.82) is 0 Å². The summed E-state index contributed by atoms with van der Waals surface area (Å²) in [6, 6.07) is 7.23. The molecule has 1 aromatic carbocycles. The second kappa shape index (κ2) is 7.08. The minimum Gasteiger partial charge on any atom is -0.378 e. The molecule has 2 heterocycles. The van der Waals surface area contributed by atoms with Gasteiger partial charge in [0.25, 0.3) is 5.91 Å². The summed E-state index contributed by atoms with van der Waals surface area (Å²) in [5.74, 6) is 6.72. The van der Waals surface area contributed by atoms with Crippen molar-refractivity contribution in [2.75, 3.05) is 13.1 Å². The third-order valence-electron chi connectivity index (χ3n) is 4.15. The molecule has 6 heteroatoms. The van der Waals surface area contributed by atoms with Crippen LogP contribution in [0.4, 0.5) is 0 Å². The third-order valence-corrected chi connectivity index (χ3v) is 4.15. The van der Waals surface area contributed by atoms with Gasteiger partial charge in [-0.25, -0.2) is 4.98 Å². The Kier molecular flexibility index (Phi) is 4.86. The molecule has 3 rings (SSSR count). The van der Waals surface area contributed by atoms with Crippen LogP contribution in [0.3, 0.4) is 0 Å². The average Bonchev–Trinajstić information content (AvgIpc) is 3.14. The number of amides is 1. The lowest BCUT2D eigenvalue weighted by Crippen LogP contribution is -2.39. The number of H-pyrrole nitrogens is 1. The maximum absolute atomic E-state index is 12.9. The first-order valence-electron chi connectivity index (χ1n) is 8.42. The first-order chi connectivity index (χ1) is 11.9. The number of carbonyl (C=O) groups is 1. The molecule has 6 nitrogen and oxygen atoms in total. The zero-order valence-corrected chi connectivity index (χ0v) is 14.5. The van der Waals surface area contributed by atoms with Crippen molar-refractivity contribution in [3.05, 3.63) is 47.5 Å². The summed E-state index contributed by atoms with van der Waals surface area (Å²) < 4.78 is 0. The molecule has 25 heavy (non-hydrogen) atoms. The van der Waals surface area contributed by atoms with Gasteiger partial charge in [0.05, 0.1) is 0 Å². The standard InChI is InChI=1S/C19H22N4O2/c1-19(2,25)9-8-14-5-3-6-15(11-14)18(24)23-10-4-7-16(12-23)17-20-13-21-22-17/h3,5-6,11,13,16,25H,4,7,10,12H2,1-2H3,(H,20,21,22)/t16-/m0/s1. The Morgan fingerprint density at radius 3 is 3.00 bits per heavy atom. The van der Waals surface area contributed by atoms with E-state index in [1.54, 1.807) is 26.0 Å². The molecule has 1 aliphatic rings. The van der Waals surface area contributed by atoms with Crippen molar-refractivity contribution in [3.63, 3.8) is 0 Å². The predicted octanol–water partition coefficient (Wildman–Crippen LogP) is 1.95. The quantitative estimate of drug-likeness (QED) is 0.820. The number of nitrogens with one attached hydrogen (secondary N) is 1. The van der Waals surface area contributed by atoms with Crippen molar-refractivity contribution in [2.24, 2.45) is 0 Å². The van der Waals surface area contributed by atoms with E-state index in [2.05, 4.69) is 27.0 Å². The van der Waals surface area contributed by atoms with Crippen molar-refractivity contribution < 1.29 is 9.90 Å². The Hall–Kier alpha value is -2.65. The normalized spacial score (nSPS) is 17.7. The minimum atomic E-state index is -1.06. The number of piperidine rings is 1. The van der Waals surface area contributed by atoms with Crippen molar-refractivity contribution in [3.8, 4) is 11.8 Å². The second-order valence-electron chi connectivity index (χ2n) is 6.85. The molecule has 1 aliphatic heterocycles. The number of aromatic nitrogens is 3. The summed E-state index contributed by atoms with van der Waals surface area (Å²) in [6.45, 7) is 4.63. The van der Waals surface area contributed by atoms with Crippen LogP contribution >= 0.6 is 0 Å². The molecule has 2 N–H and O–H groups in total. The largest absolute Gasteiger partial charge is 0.378 e. The number of aliphatic hydroxyl groups is 1.